The fourth-order valence-electron chi connectivity index (χ4n) is 0.0833. The first-order valence-corrected chi connectivity index (χ1v) is 2.19. The molecule has 7 heavy (non-hydrogen) atoms. The molecule has 2 heteroatoms. The number of hydrogen-bond donors (Lipinski definition) is 0. The molecule has 0 aliphatic rings. The Morgan fingerprint density at radius 3 is 2.14 bits per heavy atom. The van der Waals surface area contributed by atoms with E-state index in [0.29, 0.717) is 0 Å². The Morgan fingerprint density at radius 2 is 2.14 bits per heavy atom. The van der Waals surface area contributed by atoms with E-state index >= 15 is 0 Å². The first kappa shape index (κ1) is 10.4. The Labute approximate surface area is 58.7 Å². The molecule has 42 valence electrons. The predicted octanol–water partition coefficient (Wildman–Crippen LogP) is 1.14. The summed E-state index contributed by atoms with van der Waals surface area (Å²) >= 11 is 0. The standard InChI is InChI=1S/C5H9O.W/c1-3-5(2)4-6;/h5H,3H2,1-2H3;/q-1;. The summed E-state index contributed by atoms with van der Waals surface area (Å²) in [6.07, 6.45) is 2.77. The van der Waals surface area contributed by atoms with Crippen molar-refractivity contribution in [3.05, 3.63) is 0 Å². The monoisotopic (exact) mass is 269 g/mol. The molecule has 0 fully saturated rings. The van der Waals surface area contributed by atoms with Crippen molar-refractivity contribution >= 4 is 6.29 Å². The van der Waals surface area contributed by atoms with Crippen molar-refractivity contribution in [1.82, 2.24) is 0 Å². The third-order valence-corrected chi connectivity index (χ3v) is 0.814. The summed E-state index contributed by atoms with van der Waals surface area (Å²) in [7, 11) is 0. The van der Waals surface area contributed by atoms with Gasteiger partial charge in [-0.2, -0.15) is 0 Å². The molecule has 0 aliphatic heterocycles. The van der Waals surface area contributed by atoms with Gasteiger partial charge in [0, 0.05) is 21.1 Å². The molecule has 0 bridgehead atoms. The van der Waals surface area contributed by atoms with Crippen LogP contribution < -0.4 is 0 Å². The maximum Gasteiger partial charge on any atom is 0 e. The van der Waals surface area contributed by atoms with Gasteiger partial charge in [-0.05, 0) is 0 Å². The topological polar surface area (TPSA) is 17.1 Å². The van der Waals surface area contributed by atoms with Gasteiger partial charge in [-0.15, -0.1) is 5.92 Å². The molecule has 0 spiro atoms. The molecule has 0 aromatic rings. The smallest absolute Gasteiger partial charge is 0 e. The Balaban J connectivity index is 0. The van der Waals surface area contributed by atoms with E-state index in [0.717, 1.165) is 6.42 Å². The summed E-state index contributed by atoms with van der Waals surface area (Å²) in [5, 5.41) is 0. The van der Waals surface area contributed by atoms with Crippen molar-refractivity contribution < 1.29 is 25.9 Å². The van der Waals surface area contributed by atoms with Crippen molar-refractivity contribution in [2.45, 2.75) is 20.3 Å². The molecule has 0 rings (SSSR count). The van der Waals surface area contributed by atoms with E-state index in [-0.39, 0.29) is 27.0 Å². The molecule has 0 heterocycles. The summed E-state index contributed by atoms with van der Waals surface area (Å²) in [5.74, 6) is 0.130. The van der Waals surface area contributed by atoms with Crippen LogP contribution in [0.2, 0.25) is 0 Å². The fourth-order valence-corrected chi connectivity index (χ4v) is 0.0833. The van der Waals surface area contributed by atoms with Crippen molar-refractivity contribution in [2.75, 3.05) is 0 Å². The molecule has 0 amide bonds. The van der Waals surface area contributed by atoms with E-state index in [1.54, 1.807) is 0 Å². The van der Waals surface area contributed by atoms with Gasteiger partial charge in [0.2, 0.25) is 0 Å². The Hall–Kier alpha value is 0.358. The van der Waals surface area contributed by atoms with E-state index in [2.05, 4.69) is 0 Å². The second-order valence-electron chi connectivity index (χ2n) is 1.43. The zero-order valence-corrected chi connectivity index (χ0v) is 7.53. The van der Waals surface area contributed by atoms with Crippen LogP contribution in [-0.2, 0) is 25.9 Å². The van der Waals surface area contributed by atoms with Crippen LogP contribution >= 0.6 is 0 Å². The third kappa shape index (κ3) is 6.36. The molecular weight excluding hydrogens is 260 g/mol. The minimum Gasteiger partial charge on any atom is -0.542 e. The van der Waals surface area contributed by atoms with E-state index in [1.165, 1.54) is 0 Å². The first-order valence-electron chi connectivity index (χ1n) is 2.19. The van der Waals surface area contributed by atoms with Crippen LogP contribution in [0.15, 0.2) is 0 Å². The van der Waals surface area contributed by atoms with Crippen LogP contribution in [-0.4, -0.2) is 6.29 Å². The van der Waals surface area contributed by atoms with E-state index in [1.807, 2.05) is 20.1 Å². The van der Waals surface area contributed by atoms with E-state index in [4.69, 9.17) is 0 Å². The van der Waals surface area contributed by atoms with E-state index in [9.17, 15) is 4.79 Å². The largest absolute Gasteiger partial charge is 0.542 e. The minimum atomic E-state index is 0. The van der Waals surface area contributed by atoms with Crippen LogP contribution in [0.25, 0.3) is 0 Å². The first-order chi connectivity index (χ1) is 2.81. The van der Waals surface area contributed by atoms with Gasteiger partial charge in [0.15, 0.2) is 0 Å². The number of hydrogen-bond acceptors (Lipinski definition) is 1. The average Bonchev–Trinajstić information content (AvgIpc) is 1.65. The van der Waals surface area contributed by atoms with Crippen molar-refractivity contribution in [3.63, 3.8) is 0 Å². The molecule has 0 saturated carbocycles. The Morgan fingerprint density at radius 1 is 1.71 bits per heavy atom. The molecular formula is C5H9OW-. The number of carbonyl (C=O) groups excluding carboxylic acids is 1. The third-order valence-electron chi connectivity index (χ3n) is 0.814. The SMILES string of the molecule is CCC(C)[C-]=O.[W]. The molecule has 0 radical (unpaired) electrons. The van der Waals surface area contributed by atoms with Crippen LogP contribution in [0.5, 0.6) is 0 Å². The molecule has 0 aromatic heterocycles. The summed E-state index contributed by atoms with van der Waals surface area (Å²) in [5.41, 5.74) is 0. The van der Waals surface area contributed by atoms with Crippen molar-refractivity contribution in [1.29, 1.82) is 0 Å². The molecule has 0 N–H and O–H groups in total. The fraction of sp³-hybridized carbons (Fsp3) is 0.800. The quantitative estimate of drug-likeness (QED) is 0.687. The maximum absolute atomic E-state index is 9.61. The predicted molar refractivity (Wildman–Crippen MR) is 25.1 cm³/mol. The van der Waals surface area contributed by atoms with Crippen LogP contribution in [0, 0.1) is 5.92 Å². The zero-order valence-electron chi connectivity index (χ0n) is 4.60. The summed E-state index contributed by atoms with van der Waals surface area (Å²) in [4.78, 5) is 9.61. The second kappa shape index (κ2) is 6.36. The number of rotatable bonds is 2. The Kier molecular flexibility index (Phi) is 9.41. The summed E-state index contributed by atoms with van der Waals surface area (Å²) in [6.45, 7) is 3.82. The van der Waals surface area contributed by atoms with Gasteiger partial charge in [-0.25, -0.2) is 0 Å². The molecule has 0 saturated heterocycles. The average molecular weight is 269 g/mol. The minimum absolute atomic E-state index is 0. The Bertz CT molecular complexity index is 45.3. The van der Waals surface area contributed by atoms with Crippen LogP contribution in [0.3, 0.4) is 0 Å². The van der Waals surface area contributed by atoms with Gasteiger partial charge in [0.05, 0.1) is 0 Å². The normalized spacial score (nSPS) is 11.7. The van der Waals surface area contributed by atoms with Gasteiger partial charge in [0.1, 0.15) is 0 Å². The maximum atomic E-state index is 9.61. The van der Waals surface area contributed by atoms with Crippen LogP contribution in [0.4, 0.5) is 0 Å². The van der Waals surface area contributed by atoms with Gasteiger partial charge in [-0.3, -0.25) is 6.29 Å². The molecule has 1 atom stereocenters. The van der Waals surface area contributed by atoms with Crippen LogP contribution in [0.1, 0.15) is 20.3 Å². The van der Waals surface area contributed by atoms with Crippen molar-refractivity contribution in [3.8, 4) is 0 Å². The van der Waals surface area contributed by atoms with Gasteiger partial charge < -0.3 is 4.79 Å². The molecule has 1 unspecified atom stereocenters. The molecule has 0 aliphatic carbocycles. The second-order valence-corrected chi connectivity index (χ2v) is 1.43. The van der Waals surface area contributed by atoms with Gasteiger partial charge >= 0.3 is 0 Å². The van der Waals surface area contributed by atoms with E-state index < -0.39 is 0 Å². The summed E-state index contributed by atoms with van der Waals surface area (Å²) in [6, 6.07) is 0. The molecule has 0 aromatic carbocycles. The van der Waals surface area contributed by atoms with Gasteiger partial charge in [0.25, 0.3) is 0 Å². The summed E-state index contributed by atoms with van der Waals surface area (Å²) < 4.78 is 0. The zero-order chi connectivity index (χ0) is 4.99. The molecule has 1 nitrogen and oxygen atoms in total. The van der Waals surface area contributed by atoms with Gasteiger partial charge in [-0.1, -0.05) is 20.3 Å². The van der Waals surface area contributed by atoms with Crippen molar-refractivity contribution in [2.24, 2.45) is 5.92 Å².